The van der Waals surface area contributed by atoms with E-state index in [0.717, 1.165) is 21.7 Å². The molecule has 1 N–H and O–H groups in total. The van der Waals surface area contributed by atoms with Gasteiger partial charge in [-0.2, -0.15) is 0 Å². The number of thiazole rings is 1. The lowest BCUT2D eigenvalue weighted by Gasteiger charge is -2.09. The van der Waals surface area contributed by atoms with E-state index < -0.39 is 0 Å². The van der Waals surface area contributed by atoms with Crippen molar-refractivity contribution >= 4 is 17.2 Å². The van der Waals surface area contributed by atoms with Crippen LogP contribution in [0.4, 0.5) is 0 Å². The predicted octanol–water partition coefficient (Wildman–Crippen LogP) is 4.42. The van der Waals surface area contributed by atoms with Crippen molar-refractivity contribution < 1.29 is 14.3 Å². The summed E-state index contributed by atoms with van der Waals surface area (Å²) < 4.78 is 10.6. The Balaban J connectivity index is 1.61. The first-order valence-corrected chi connectivity index (χ1v) is 9.92. The highest BCUT2D eigenvalue weighted by atomic mass is 32.1. The van der Waals surface area contributed by atoms with Gasteiger partial charge in [0.25, 0.3) is 5.91 Å². The fourth-order valence-corrected chi connectivity index (χ4v) is 3.89. The largest absolute Gasteiger partial charge is 0.493 e. The van der Waals surface area contributed by atoms with Crippen LogP contribution >= 0.6 is 11.3 Å². The van der Waals surface area contributed by atoms with E-state index in [0.29, 0.717) is 30.2 Å². The van der Waals surface area contributed by atoms with Gasteiger partial charge in [0.05, 0.1) is 14.2 Å². The Labute approximate surface area is 169 Å². The number of nitrogens with zero attached hydrogens (tertiary/aromatic N) is 1. The number of nitrogens with one attached hydrogen (secondary N) is 1. The highest BCUT2D eigenvalue weighted by molar-refractivity contribution is 7.13. The molecule has 2 aromatic carbocycles. The summed E-state index contributed by atoms with van der Waals surface area (Å²) in [6.45, 7) is 4.65. The van der Waals surface area contributed by atoms with Crippen molar-refractivity contribution in [1.29, 1.82) is 0 Å². The van der Waals surface area contributed by atoms with Crippen LogP contribution in [-0.4, -0.2) is 31.7 Å². The monoisotopic (exact) mass is 396 g/mol. The van der Waals surface area contributed by atoms with Crippen molar-refractivity contribution in [1.82, 2.24) is 10.3 Å². The summed E-state index contributed by atoms with van der Waals surface area (Å²) in [5.41, 5.74) is 4.96. The number of aryl methyl sites for hydroxylation is 2. The third kappa shape index (κ3) is 4.51. The van der Waals surface area contributed by atoms with E-state index in [1.54, 1.807) is 19.6 Å². The van der Waals surface area contributed by atoms with Crippen LogP contribution in [0.1, 0.15) is 27.2 Å². The second-order valence-corrected chi connectivity index (χ2v) is 7.41. The summed E-state index contributed by atoms with van der Waals surface area (Å²) in [7, 11) is 3.22. The van der Waals surface area contributed by atoms with Gasteiger partial charge in [-0.25, -0.2) is 4.98 Å². The molecule has 3 rings (SSSR count). The molecule has 0 bridgehead atoms. The lowest BCUT2D eigenvalue weighted by atomic mass is 10.1. The third-order valence-electron chi connectivity index (χ3n) is 4.50. The molecular formula is C22H24N2O3S. The minimum absolute atomic E-state index is 0.159. The number of amides is 1. The van der Waals surface area contributed by atoms with Crippen molar-refractivity contribution in [3.05, 3.63) is 64.2 Å². The molecule has 0 aliphatic carbocycles. The minimum atomic E-state index is -0.159. The Bertz CT molecular complexity index is 982. The van der Waals surface area contributed by atoms with E-state index in [2.05, 4.69) is 42.3 Å². The van der Waals surface area contributed by atoms with Gasteiger partial charge >= 0.3 is 0 Å². The van der Waals surface area contributed by atoms with Gasteiger partial charge in [-0.05, 0) is 43.5 Å². The number of benzene rings is 2. The fraction of sp³-hybridized carbons (Fsp3) is 0.273. The van der Waals surface area contributed by atoms with Gasteiger partial charge in [-0.1, -0.05) is 29.8 Å². The molecule has 1 amide bonds. The number of carbonyl (C=O) groups excluding carboxylic acids is 1. The molecule has 3 aromatic rings. The molecule has 0 atom stereocenters. The van der Waals surface area contributed by atoms with Gasteiger partial charge in [-0.3, -0.25) is 4.79 Å². The number of hydrogen-bond acceptors (Lipinski definition) is 5. The Morgan fingerprint density at radius 1 is 1.07 bits per heavy atom. The molecule has 1 aromatic heterocycles. The summed E-state index contributed by atoms with van der Waals surface area (Å²) in [5, 5.41) is 5.60. The van der Waals surface area contributed by atoms with Gasteiger partial charge < -0.3 is 14.8 Å². The van der Waals surface area contributed by atoms with Crippen LogP contribution in [0.2, 0.25) is 0 Å². The first-order valence-electron chi connectivity index (χ1n) is 9.04. The van der Waals surface area contributed by atoms with E-state index >= 15 is 0 Å². The quantitative estimate of drug-likeness (QED) is 0.642. The SMILES string of the molecule is COc1ccc(CCNC(=O)c2csc(-c3ccc(C)cc3C)n2)cc1OC. The zero-order valence-corrected chi connectivity index (χ0v) is 17.4. The highest BCUT2D eigenvalue weighted by Gasteiger charge is 2.13. The van der Waals surface area contributed by atoms with Gasteiger partial charge in [0.1, 0.15) is 10.7 Å². The van der Waals surface area contributed by atoms with Crippen LogP contribution in [-0.2, 0) is 6.42 Å². The number of methoxy groups -OCH3 is 2. The van der Waals surface area contributed by atoms with Gasteiger partial charge in [0, 0.05) is 17.5 Å². The van der Waals surface area contributed by atoms with Crippen LogP contribution in [0.25, 0.3) is 10.6 Å². The van der Waals surface area contributed by atoms with Crippen molar-refractivity contribution in [2.75, 3.05) is 20.8 Å². The Morgan fingerprint density at radius 3 is 2.57 bits per heavy atom. The zero-order valence-electron chi connectivity index (χ0n) is 16.5. The molecule has 0 saturated carbocycles. The second-order valence-electron chi connectivity index (χ2n) is 6.55. The summed E-state index contributed by atoms with van der Waals surface area (Å²) in [6, 6.07) is 12.0. The fourth-order valence-electron chi connectivity index (χ4n) is 3.00. The molecule has 6 heteroatoms. The maximum absolute atomic E-state index is 12.4. The topological polar surface area (TPSA) is 60.5 Å². The van der Waals surface area contributed by atoms with Crippen LogP contribution < -0.4 is 14.8 Å². The summed E-state index contributed by atoms with van der Waals surface area (Å²) >= 11 is 1.49. The zero-order chi connectivity index (χ0) is 20.1. The molecular weight excluding hydrogens is 372 g/mol. The van der Waals surface area contributed by atoms with E-state index in [-0.39, 0.29) is 5.91 Å². The maximum Gasteiger partial charge on any atom is 0.270 e. The summed E-state index contributed by atoms with van der Waals surface area (Å²) in [4.78, 5) is 16.9. The van der Waals surface area contributed by atoms with E-state index in [1.807, 2.05) is 18.2 Å². The molecule has 0 aliphatic rings. The summed E-state index contributed by atoms with van der Waals surface area (Å²) in [5.74, 6) is 1.22. The van der Waals surface area contributed by atoms with Crippen molar-refractivity contribution in [2.24, 2.45) is 0 Å². The van der Waals surface area contributed by atoms with Gasteiger partial charge in [0.15, 0.2) is 11.5 Å². The minimum Gasteiger partial charge on any atom is -0.493 e. The molecule has 1 heterocycles. The van der Waals surface area contributed by atoms with E-state index in [9.17, 15) is 4.79 Å². The van der Waals surface area contributed by atoms with Gasteiger partial charge in [0.2, 0.25) is 0 Å². The van der Waals surface area contributed by atoms with E-state index in [4.69, 9.17) is 9.47 Å². The number of aromatic nitrogens is 1. The lowest BCUT2D eigenvalue weighted by Crippen LogP contribution is -2.26. The Hall–Kier alpha value is -2.86. The molecule has 5 nitrogen and oxygen atoms in total. The number of rotatable bonds is 7. The molecule has 0 aliphatic heterocycles. The first kappa shape index (κ1) is 19.9. The van der Waals surface area contributed by atoms with Crippen LogP contribution in [0, 0.1) is 13.8 Å². The van der Waals surface area contributed by atoms with Crippen molar-refractivity contribution in [2.45, 2.75) is 20.3 Å². The molecule has 0 saturated heterocycles. The Kier molecular flexibility index (Phi) is 6.31. The smallest absolute Gasteiger partial charge is 0.270 e. The molecule has 146 valence electrons. The molecule has 0 radical (unpaired) electrons. The normalized spacial score (nSPS) is 10.6. The molecule has 0 spiro atoms. The molecule has 28 heavy (non-hydrogen) atoms. The number of hydrogen-bond donors (Lipinski definition) is 1. The van der Waals surface area contributed by atoms with Crippen molar-refractivity contribution in [3.8, 4) is 22.1 Å². The van der Waals surface area contributed by atoms with Crippen LogP contribution in [0.15, 0.2) is 41.8 Å². The third-order valence-corrected chi connectivity index (χ3v) is 5.37. The van der Waals surface area contributed by atoms with Gasteiger partial charge in [-0.15, -0.1) is 11.3 Å². The first-order chi connectivity index (χ1) is 13.5. The number of ether oxygens (including phenoxy) is 2. The average Bonchev–Trinajstić information content (AvgIpc) is 3.17. The predicted molar refractivity (Wildman–Crippen MR) is 113 cm³/mol. The van der Waals surface area contributed by atoms with Crippen molar-refractivity contribution in [3.63, 3.8) is 0 Å². The summed E-state index contributed by atoms with van der Waals surface area (Å²) in [6.07, 6.45) is 0.695. The molecule has 0 unspecified atom stereocenters. The maximum atomic E-state index is 12.4. The average molecular weight is 397 g/mol. The molecule has 0 fully saturated rings. The standard InChI is InChI=1S/C22H24N2O3S/c1-14-5-7-17(15(2)11-14)22-24-18(13-28-22)21(25)23-10-9-16-6-8-19(26-3)20(12-16)27-4/h5-8,11-13H,9-10H2,1-4H3,(H,23,25). The van der Waals surface area contributed by atoms with E-state index in [1.165, 1.54) is 16.9 Å². The van der Waals surface area contributed by atoms with Crippen LogP contribution in [0.3, 0.4) is 0 Å². The lowest BCUT2D eigenvalue weighted by molar-refractivity contribution is 0.0950. The Morgan fingerprint density at radius 2 is 1.86 bits per heavy atom. The highest BCUT2D eigenvalue weighted by Crippen LogP contribution is 2.28. The van der Waals surface area contributed by atoms with Crippen LogP contribution in [0.5, 0.6) is 11.5 Å². The number of carbonyl (C=O) groups is 1. The second kappa shape index (κ2) is 8.89.